The Balaban J connectivity index is 1.26. The van der Waals surface area contributed by atoms with Crippen LogP contribution < -0.4 is 5.32 Å². The van der Waals surface area contributed by atoms with Crippen LogP contribution in [-0.2, 0) is 17.5 Å². The third kappa shape index (κ3) is 5.73. The Morgan fingerprint density at radius 3 is 2.36 bits per heavy atom. The molecule has 1 aliphatic heterocycles. The lowest BCUT2D eigenvalue weighted by Crippen LogP contribution is -2.56. The van der Waals surface area contributed by atoms with Crippen LogP contribution in [-0.4, -0.2) is 68.9 Å². The van der Waals surface area contributed by atoms with Gasteiger partial charge >= 0.3 is 6.18 Å². The number of halogens is 3. The van der Waals surface area contributed by atoms with Crippen LogP contribution in [0.4, 0.5) is 13.2 Å². The molecule has 0 unspecified atom stereocenters. The summed E-state index contributed by atoms with van der Waals surface area (Å²) < 4.78 is 38.4. The number of hydrogen-bond donors (Lipinski definition) is 2. The fourth-order valence-corrected chi connectivity index (χ4v) is 4.93. The standard InChI is InChI=1S/C30H26F3N5O4/c1-18-17-37(28(41)20-5-3-2-4-6-20)13-14-38(18)29(42)26(39)23-16-35-24-22(11-12-34-25(23)24)27(40)36-15-19-7-9-21(10-8-19)30(31,32)33/h2-12,16,18,35H,13-15,17H2,1H3,(H,36,40)/t18-/m1/s1. The molecule has 0 radical (unpaired) electrons. The molecule has 0 spiro atoms. The highest BCUT2D eigenvalue weighted by atomic mass is 19.4. The van der Waals surface area contributed by atoms with Crippen molar-refractivity contribution >= 4 is 34.5 Å². The SMILES string of the molecule is C[C@@H]1CN(C(=O)c2ccccc2)CCN1C(=O)C(=O)c1c[nH]c2c(C(=O)NCc3ccc(C(F)(F)F)cc3)ccnc12. The number of aromatic amines is 1. The van der Waals surface area contributed by atoms with Gasteiger partial charge < -0.3 is 20.1 Å². The number of alkyl halides is 3. The van der Waals surface area contributed by atoms with Crippen LogP contribution in [0.2, 0.25) is 0 Å². The molecular weight excluding hydrogens is 551 g/mol. The molecule has 1 fully saturated rings. The quantitative estimate of drug-likeness (QED) is 0.265. The summed E-state index contributed by atoms with van der Waals surface area (Å²) in [7, 11) is 0. The molecule has 2 aromatic carbocycles. The van der Waals surface area contributed by atoms with Crippen LogP contribution in [0.1, 0.15) is 49.1 Å². The van der Waals surface area contributed by atoms with Gasteiger partial charge in [-0.1, -0.05) is 30.3 Å². The van der Waals surface area contributed by atoms with Crippen LogP contribution >= 0.6 is 0 Å². The van der Waals surface area contributed by atoms with Gasteiger partial charge in [0.15, 0.2) is 0 Å². The average molecular weight is 578 g/mol. The summed E-state index contributed by atoms with van der Waals surface area (Å²) >= 11 is 0. The number of benzene rings is 2. The van der Waals surface area contributed by atoms with Gasteiger partial charge in [0.05, 0.1) is 22.2 Å². The molecule has 3 heterocycles. The van der Waals surface area contributed by atoms with Gasteiger partial charge in [0.25, 0.3) is 23.5 Å². The molecule has 4 aromatic rings. The third-order valence-corrected chi connectivity index (χ3v) is 7.18. The first-order valence-corrected chi connectivity index (χ1v) is 13.1. The Morgan fingerprint density at radius 1 is 0.976 bits per heavy atom. The summed E-state index contributed by atoms with van der Waals surface area (Å²) in [6.07, 6.45) is -1.80. The van der Waals surface area contributed by atoms with E-state index in [1.165, 1.54) is 35.5 Å². The van der Waals surface area contributed by atoms with Crippen LogP contribution in [0, 0.1) is 0 Å². The van der Waals surface area contributed by atoms with Crippen molar-refractivity contribution in [3.63, 3.8) is 0 Å². The van der Waals surface area contributed by atoms with E-state index in [9.17, 15) is 32.3 Å². The maximum atomic E-state index is 13.3. The zero-order valence-corrected chi connectivity index (χ0v) is 22.4. The summed E-state index contributed by atoms with van der Waals surface area (Å²) in [6.45, 7) is 2.46. The summed E-state index contributed by atoms with van der Waals surface area (Å²) in [5, 5.41) is 2.65. The van der Waals surface area contributed by atoms with E-state index in [1.807, 2.05) is 6.07 Å². The number of carbonyl (C=O) groups is 4. The summed E-state index contributed by atoms with van der Waals surface area (Å²) in [6, 6.07) is 14.3. The van der Waals surface area contributed by atoms with Crippen molar-refractivity contribution in [1.29, 1.82) is 0 Å². The molecule has 2 aromatic heterocycles. The van der Waals surface area contributed by atoms with E-state index in [-0.39, 0.29) is 54.2 Å². The molecule has 9 nitrogen and oxygen atoms in total. The molecule has 2 N–H and O–H groups in total. The van der Waals surface area contributed by atoms with Crippen LogP contribution in [0.25, 0.3) is 11.0 Å². The number of ketones is 1. The maximum absolute atomic E-state index is 13.3. The number of aromatic nitrogens is 2. The molecule has 1 aliphatic rings. The zero-order chi connectivity index (χ0) is 30.0. The van der Waals surface area contributed by atoms with E-state index in [1.54, 1.807) is 36.1 Å². The first kappa shape index (κ1) is 28.5. The first-order chi connectivity index (χ1) is 20.0. The number of piperazine rings is 1. The molecular formula is C30H26F3N5O4. The Hall–Kier alpha value is -5.00. The van der Waals surface area contributed by atoms with Crippen molar-refractivity contribution in [2.24, 2.45) is 0 Å². The molecule has 42 heavy (non-hydrogen) atoms. The fourth-order valence-electron chi connectivity index (χ4n) is 4.93. The normalized spacial score (nSPS) is 15.5. The van der Waals surface area contributed by atoms with Gasteiger partial charge in [-0.05, 0) is 42.8 Å². The van der Waals surface area contributed by atoms with Crippen molar-refractivity contribution in [1.82, 2.24) is 25.1 Å². The Bertz CT molecular complexity index is 1650. The predicted octanol–water partition coefficient (Wildman–Crippen LogP) is 4.07. The number of H-pyrrole nitrogens is 1. The van der Waals surface area contributed by atoms with Crippen molar-refractivity contribution < 1.29 is 32.3 Å². The van der Waals surface area contributed by atoms with Gasteiger partial charge in [-0.15, -0.1) is 0 Å². The number of nitrogens with one attached hydrogen (secondary N) is 2. The van der Waals surface area contributed by atoms with Crippen LogP contribution in [0.5, 0.6) is 0 Å². The van der Waals surface area contributed by atoms with Gasteiger partial charge in [0, 0.05) is 50.2 Å². The molecule has 5 rings (SSSR count). The van der Waals surface area contributed by atoms with E-state index >= 15 is 0 Å². The second-order valence-electron chi connectivity index (χ2n) is 9.96. The molecule has 0 aliphatic carbocycles. The lowest BCUT2D eigenvalue weighted by Gasteiger charge is -2.39. The Kier molecular flexibility index (Phi) is 7.79. The molecule has 216 valence electrons. The maximum Gasteiger partial charge on any atom is 0.416 e. The number of hydrogen-bond acceptors (Lipinski definition) is 5. The lowest BCUT2D eigenvalue weighted by atomic mass is 10.1. The number of fused-ring (bicyclic) bond motifs is 1. The number of Topliss-reactive ketones (excluding diaryl/α,β-unsaturated/α-hetero) is 1. The third-order valence-electron chi connectivity index (χ3n) is 7.18. The number of carbonyl (C=O) groups excluding carboxylic acids is 4. The first-order valence-electron chi connectivity index (χ1n) is 13.1. The van der Waals surface area contributed by atoms with Gasteiger partial charge in [-0.25, -0.2) is 0 Å². The number of pyridine rings is 1. The highest BCUT2D eigenvalue weighted by molar-refractivity contribution is 6.44. The molecule has 1 atom stereocenters. The van der Waals surface area contributed by atoms with Gasteiger partial charge in [0.2, 0.25) is 0 Å². The fraction of sp³-hybridized carbons (Fsp3) is 0.233. The van der Waals surface area contributed by atoms with Gasteiger partial charge in [-0.2, -0.15) is 13.2 Å². The van der Waals surface area contributed by atoms with Crippen molar-refractivity contribution in [3.05, 3.63) is 101 Å². The molecule has 3 amide bonds. The van der Waals surface area contributed by atoms with E-state index in [0.29, 0.717) is 11.1 Å². The molecule has 0 saturated carbocycles. The smallest absolute Gasteiger partial charge is 0.358 e. The van der Waals surface area contributed by atoms with E-state index in [4.69, 9.17) is 0 Å². The van der Waals surface area contributed by atoms with E-state index in [0.717, 1.165) is 12.1 Å². The highest BCUT2D eigenvalue weighted by Gasteiger charge is 2.35. The van der Waals surface area contributed by atoms with Crippen molar-refractivity contribution in [2.75, 3.05) is 19.6 Å². The second-order valence-corrected chi connectivity index (χ2v) is 9.96. The average Bonchev–Trinajstić information content (AvgIpc) is 3.43. The van der Waals surface area contributed by atoms with E-state index < -0.39 is 35.4 Å². The molecule has 0 bridgehead atoms. The molecule has 12 heteroatoms. The number of nitrogens with zero attached hydrogens (tertiary/aromatic N) is 3. The van der Waals surface area contributed by atoms with Gasteiger partial charge in [-0.3, -0.25) is 24.2 Å². The molecule has 1 saturated heterocycles. The number of amides is 3. The monoisotopic (exact) mass is 577 g/mol. The predicted molar refractivity (Wildman–Crippen MR) is 147 cm³/mol. The van der Waals surface area contributed by atoms with Gasteiger partial charge in [0.1, 0.15) is 5.52 Å². The number of rotatable bonds is 6. The minimum atomic E-state index is -4.46. The topological polar surface area (TPSA) is 115 Å². The Morgan fingerprint density at radius 2 is 1.69 bits per heavy atom. The summed E-state index contributed by atoms with van der Waals surface area (Å²) in [5.74, 6) is -2.23. The lowest BCUT2D eigenvalue weighted by molar-refractivity contribution is -0.137. The van der Waals surface area contributed by atoms with Crippen molar-refractivity contribution in [2.45, 2.75) is 25.7 Å². The largest absolute Gasteiger partial charge is 0.416 e. The zero-order valence-electron chi connectivity index (χ0n) is 22.4. The second kappa shape index (κ2) is 11.5. The summed E-state index contributed by atoms with van der Waals surface area (Å²) in [4.78, 5) is 62.4. The van der Waals surface area contributed by atoms with Crippen LogP contribution in [0.15, 0.2) is 73.1 Å². The Labute approximate surface area is 238 Å². The van der Waals surface area contributed by atoms with Crippen molar-refractivity contribution in [3.8, 4) is 0 Å². The highest BCUT2D eigenvalue weighted by Crippen LogP contribution is 2.29. The van der Waals surface area contributed by atoms with E-state index in [2.05, 4.69) is 15.3 Å². The minimum absolute atomic E-state index is 0.00220. The van der Waals surface area contributed by atoms with Crippen LogP contribution in [0.3, 0.4) is 0 Å². The summed E-state index contributed by atoms with van der Waals surface area (Å²) in [5.41, 5.74) is 0.760. The minimum Gasteiger partial charge on any atom is -0.358 e.